The first kappa shape index (κ1) is 15.7. The highest BCUT2D eigenvalue weighted by molar-refractivity contribution is 5.91. The molecule has 6 nitrogen and oxygen atoms in total. The molecule has 0 aromatic heterocycles. The predicted octanol–water partition coefficient (Wildman–Crippen LogP) is 2.38. The van der Waals surface area contributed by atoms with Gasteiger partial charge in [0.05, 0.1) is 32.8 Å². The van der Waals surface area contributed by atoms with Crippen LogP contribution in [0.25, 0.3) is 0 Å². The van der Waals surface area contributed by atoms with Crippen molar-refractivity contribution in [3.8, 4) is 11.5 Å². The van der Waals surface area contributed by atoms with Gasteiger partial charge in [-0.05, 0) is 18.6 Å². The van der Waals surface area contributed by atoms with Gasteiger partial charge in [-0.25, -0.2) is 4.79 Å². The summed E-state index contributed by atoms with van der Waals surface area (Å²) < 4.78 is 15.2. The molecule has 0 heterocycles. The summed E-state index contributed by atoms with van der Waals surface area (Å²) in [6, 6.07) is 4.87. The number of nitrogens with one attached hydrogen (secondary N) is 2. The van der Waals surface area contributed by atoms with Crippen LogP contribution in [0.1, 0.15) is 6.42 Å². The van der Waals surface area contributed by atoms with E-state index < -0.39 is 0 Å². The number of benzene rings is 1. The van der Waals surface area contributed by atoms with Crippen LogP contribution in [0.3, 0.4) is 0 Å². The van der Waals surface area contributed by atoms with Crippen LogP contribution in [0, 0.1) is 0 Å². The SMILES string of the molecule is C=COCCCNC(=O)Nc1ccc(OC)cc1OC. The fourth-order valence-electron chi connectivity index (χ4n) is 1.51. The molecular formula is C14H20N2O4. The molecule has 0 unspecified atom stereocenters. The molecule has 1 aromatic carbocycles. The molecule has 0 spiro atoms. The molecule has 0 aliphatic rings. The Bertz CT molecular complexity index is 449. The Morgan fingerprint density at radius 3 is 2.80 bits per heavy atom. The van der Waals surface area contributed by atoms with Crippen LogP contribution < -0.4 is 20.1 Å². The molecule has 0 aliphatic carbocycles. The second-order valence-corrected chi connectivity index (χ2v) is 3.84. The van der Waals surface area contributed by atoms with Crippen molar-refractivity contribution >= 4 is 11.7 Å². The Balaban J connectivity index is 2.46. The van der Waals surface area contributed by atoms with Crippen LogP contribution in [0.2, 0.25) is 0 Å². The Kier molecular flexibility index (Phi) is 6.81. The predicted molar refractivity (Wildman–Crippen MR) is 77.3 cm³/mol. The number of hydrogen-bond acceptors (Lipinski definition) is 4. The lowest BCUT2D eigenvalue weighted by Crippen LogP contribution is -2.30. The van der Waals surface area contributed by atoms with E-state index in [-0.39, 0.29) is 6.03 Å². The summed E-state index contributed by atoms with van der Waals surface area (Å²) in [7, 11) is 3.10. The van der Waals surface area contributed by atoms with Gasteiger partial charge in [-0.1, -0.05) is 6.58 Å². The summed E-state index contributed by atoms with van der Waals surface area (Å²) in [5.41, 5.74) is 0.577. The second kappa shape index (κ2) is 8.68. The molecule has 6 heteroatoms. The third kappa shape index (κ3) is 5.09. The minimum atomic E-state index is -0.299. The highest BCUT2D eigenvalue weighted by Gasteiger charge is 2.08. The van der Waals surface area contributed by atoms with E-state index in [4.69, 9.17) is 14.2 Å². The standard InChI is InChI=1S/C14H20N2O4/c1-4-20-9-5-8-15-14(17)16-12-7-6-11(18-2)10-13(12)19-3/h4,6-7,10H,1,5,8-9H2,2-3H3,(H2,15,16,17). The summed E-state index contributed by atoms with van der Waals surface area (Å²) in [6.07, 6.45) is 2.08. The fraction of sp³-hybridized carbons (Fsp3) is 0.357. The lowest BCUT2D eigenvalue weighted by Gasteiger charge is -2.12. The van der Waals surface area contributed by atoms with Crippen LogP contribution in [-0.4, -0.2) is 33.4 Å². The highest BCUT2D eigenvalue weighted by Crippen LogP contribution is 2.28. The molecule has 20 heavy (non-hydrogen) atoms. The molecule has 0 atom stereocenters. The van der Waals surface area contributed by atoms with Gasteiger partial charge in [0.1, 0.15) is 11.5 Å². The van der Waals surface area contributed by atoms with E-state index in [1.165, 1.54) is 13.4 Å². The summed E-state index contributed by atoms with van der Waals surface area (Å²) >= 11 is 0. The average molecular weight is 280 g/mol. The molecule has 2 N–H and O–H groups in total. The topological polar surface area (TPSA) is 68.8 Å². The van der Waals surface area contributed by atoms with Crippen molar-refractivity contribution in [3.05, 3.63) is 31.0 Å². The molecule has 0 aliphatic heterocycles. The van der Waals surface area contributed by atoms with E-state index in [1.54, 1.807) is 25.3 Å². The molecule has 1 aromatic rings. The van der Waals surface area contributed by atoms with Crippen LogP contribution in [0.5, 0.6) is 11.5 Å². The molecule has 0 bridgehead atoms. The third-order valence-corrected chi connectivity index (χ3v) is 2.50. The molecule has 2 amide bonds. The third-order valence-electron chi connectivity index (χ3n) is 2.50. The van der Waals surface area contributed by atoms with Crippen LogP contribution in [-0.2, 0) is 4.74 Å². The number of hydrogen-bond donors (Lipinski definition) is 2. The first-order chi connectivity index (χ1) is 9.71. The number of carbonyl (C=O) groups is 1. The Hall–Kier alpha value is -2.37. The summed E-state index contributed by atoms with van der Waals surface area (Å²) in [5, 5.41) is 5.43. The number of anilines is 1. The number of carbonyl (C=O) groups excluding carboxylic acids is 1. The van der Waals surface area contributed by atoms with Gasteiger partial charge >= 0.3 is 6.03 Å². The minimum Gasteiger partial charge on any atom is -0.502 e. The largest absolute Gasteiger partial charge is 0.502 e. The highest BCUT2D eigenvalue weighted by atomic mass is 16.5. The first-order valence-electron chi connectivity index (χ1n) is 6.20. The van der Waals surface area contributed by atoms with Gasteiger partial charge in [0, 0.05) is 12.6 Å². The maximum atomic E-state index is 11.7. The van der Waals surface area contributed by atoms with E-state index in [0.717, 1.165) is 0 Å². The van der Waals surface area contributed by atoms with Gasteiger partial charge in [-0.3, -0.25) is 0 Å². The summed E-state index contributed by atoms with van der Waals surface area (Å²) in [6.45, 7) is 4.47. The van der Waals surface area contributed by atoms with Gasteiger partial charge < -0.3 is 24.8 Å². The average Bonchev–Trinajstić information content (AvgIpc) is 2.47. The zero-order chi connectivity index (χ0) is 14.8. The van der Waals surface area contributed by atoms with Crippen molar-refractivity contribution in [1.29, 1.82) is 0 Å². The Morgan fingerprint density at radius 2 is 2.15 bits per heavy atom. The van der Waals surface area contributed by atoms with Gasteiger partial charge in [-0.2, -0.15) is 0 Å². The fourth-order valence-corrected chi connectivity index (χ4v) is 1.51. The zero-order valence-corrected chi connectivity index (χ0v) is 11.8. The van der Waals surface area contributed by atoms with E-state index in [1.807, 2.05) is 0 Å². The van der Waals surface area contributed by atoms with Crippen LogP contribution in [0.4, 0.5) is 10.5 Å². The van der Waals surface area contributed by atoms with Crippen molar-refractivity contribution < 1.29 is 19.0 Å². The molecule has 0 saturated heterocycles. The Morgan fingerprint density at radius 1 is 1.35 bits per heavy atom. The quantitative estimate of drug-likeness (QED) is 0.566. The van der Waals surface area contributed by atoms with E-state index in [2.05, 4.69) is 17.2 Å². The smallest absolute Gasteiger partial charge is 0.319 e. The molecule has 0 fully saturated rings. The van der Waals surface area contributed by atoms with Crippen LogP contribution >= 0.6 is 0 Å². The minimum absolute atomic E-state index is 0.299. The summed E-state index contributed by atoms with van der Waals surface area (Å²) in [5.74, 6) is 1.20. The van der Waals surface area contributed by atoms with Gasteiger partial charge in [0.2, 0.25) is 0 Å². The molecule has 1 rings (SSSR count). The van der Waals surface area contributed by atoms with Gasteiger partial charge in [0.15, 0.2) is 0 Å². The van der Waals surface area contributed by atoms with Crippen molar-refractivity contribution in [2.75, 3.05) is 32.7 Å². The number of methoxy groups -OCH3 is 2. The van der Waals surface area contributed by atoms with Crippen molar-refractivity contribution in [2.24, 2.45) is 0 Å². The van der Waals surface area contributed by atoms with Gasteiger partial charge in [-0.15, -0.1) is 0 Å². The maximum absolute atomic E-state index is 11.7. The lowest BCUT2D eigenvalue weighted by atomic mass is 10.2. The first-order valence-corrected chi connectivity index (χ1v) is 6.20. The van der Waals surface area contributed by atoms with Crippen molar-refractivity contribution in [2.45, 2.75) is 6.42 Å². The Labute approximate surface area is 118 Å². The van der Waals surface area contributed by atoms with Crippen LogP contribution in [0.15, 0.2) is 31.0 Å². The number of urea groups is 1. The molecule has 0 radical (unpaired) electrons. The number of rotatable bonds is 8. The normalized spacial score (nSPS) is 9.50. The summed E-state index contributed by atoms with van der Waals surface area (Å²) in [4.78, 5) is 11.7. The van der Waals surface area contributed by atoms with Crippen molar-refractivity contribution in [3.63, 3.8) is 0 Å². The second-order valence-electron chi connectivity index (χ2n) is 3.84. The monoisotopic (exact) mass is 280 g/mol. The zero-order valence-electron chi connectivity index (χ0n) is 11.8. The lowest BCUT2D eigenvalue weighted by molar-refractivity contribution is 0.238. The number of ether oxygens (including phenoxy) is 3. The molecule has 110 valence electrons. The maximum Gasteiger partial charge on any atom is 0.319 e. The number of amides is 2. The molecular weight excluding hydrogens is 260 g/mol. The van der Waals surface area contributed by atoms with E-state index in [9.17, 15) is 4.79 Å². The van der Waals surface area contributed by atoms with Crippen molar-refractivity contribution in [1.82, 2.24) is 5.32 Å². The van der Waals surface area contributed by atoms with Gasteiger partial charge in [0.25, 0.3) is 0 Å². The molecule has 0 saturated carbocycles. The van der Waals surface area contributed by atoms with E-state index >= 15 is 0 Å². The van der Waals surface area contributed by atoms with E-state index in [0.29, 0.717) is 36.8 Å².